The predicted molar refractivity (Wildman–Crippen MR) is 132 cm³/mol. The number of rotatable bonds is 5. The number of hydrogen-bond donors (Lipinski definition) is 1. The SMILES string of the molecule is COc1c(C)cccc1C(=O)Nc1ccccc1N1CCN(C(=O)c2ccc(Cl)cc2)CC1. The number of halogens is 1. The number of hydrogen-bond acceptors (Lipinski definition) is 4. The number of para-hydroxylation sites is 3. The Balaban J connectivity index is 1.46. The zero-order valence-corrected chi connectivity index (χ0v) is 19.4. The minimum absolute atomic E-state index is 0.000512. The largest absolute Gasteiger partial charge is 0.496 e. The highest BCUT2D eigenvalue weighted by molar-refractivity contribution is 6.30. The van der Waals surface area contributed by atoms with Crippen molar-refractivity contribution in [2.45, 2.75) is 6.92 Å². The summed E-state index contributed by atoms with van der Waals surface area (Å²) >= 11 is 5.94. The van der Waals surface area contributed by atoms with Gasteiger partial charge in [-0.05, 0) is 55.0 Å². The van der Waals surface area contributed by atoms with Gasteiger partial charge in [-0.1, -0.05) is 35.9 Å². The van der Waals surface area contributed by atoms with Crippen molar-refractivity contribution in [2.75, 3.05) is 43.5 Å². The average molecular weight is 464 g/mol. The van der Waals surface area contributed by atoms with Gasteiger partial charge in [-0.15, -0.1) is 0 Å². The van der Waals surface area contributed by atoms with Crippen molar-refractivity contribution in [3.8, 4) is 5.75 Å². The van der Waals surface area contributed by atoms with Crippen LogP contribution in [-0.2, 0) is 0 Å². The molecule has 1 N–H and O–H groups in total. The maximum absolute atomic E-state index is 13.0. The van der Waals surface area contributed by atoms with E-state index in [4.69, 9.17) is 16.3 Å². The van der Waals surface area contributed by atoms with Gasteiger partial charge in [-0.3, -0.25) is 9.59 Å². The first-order valence-corrected chi connectivity index (χ1v) is 11.2. The lowest BCUT2D eigenvalue weighted by Crippen LogP contribution is -2.49. The van der Waals surface area contributed by atoms with Crippen LogP contribution in [0.5, 0.6) is 5.75 Å². The second-order valence-electron chi connectivity index (χ2n) is 7.91. The molecule has 0 saturated carbocycles. The van der Waals surface area contributed by atoms with Crippen molar-refractivity contribution in [3.63, 3.8) is 0 Å². The summed E-state index contributed by atoms with van der Waals surface area (Å²) in [6.45, 7) is 4.43. The molecular formula is C26H26ClN3O3. The van der Waals surface area contributed by atoms with Crippen LogP contribution in [-0.4, -0.2) is 50.0 Å². The van der Waals surface area contributed by atoms with Gasteiger partial charge in [0.25, 0.3) is 11.8 Å². The minimum Gasteiger partial charge on any atom is -0.496 e. The first kappa shape index (κ1) is 22.7. The van der Waals surface area contributed by atoms with Gasteiger partial charge >= 0.3 is 0 Å². The quantitative estimate of drug-likeness (QED) is 0.586. The number of anilines is 2. The van der Waals surface area contributed by atoms with Crippen LogP contribution in [0, 0.1) is 6.92 Å². The van der Waals surface area contributed by atoms with Gasteiger partial charge in [-0.2, -0.15) is 0 Å². The Kier molecular flexibility index (Phi) is 6.84. The molecule has 0 aromatic heterocycles. The normalized spacial score (nSPS) is 13.5. The first-order valence-electron chi connectivity index (χ1n) is 10.8. The van der Waals surface area contributed by atoms with Crippen LogP contribution in [0.15, 0.2) is 66.7 Å². The van der Waals surface area contributed by atoms with E-state index in [1.165, 1.54) is 0 Å². The lowest BCUT2D eigenvalue weighted by Gasteiger charge is -2.37. The van der Waals surface area contributed by atoms with Crippen LogP contribution in [0.25, 0.3) is 0 Å². The number of methoxy groups -OCH3 is 1. The minimum atomic E-state index is -0.223. The molecule has 1 aliphatic rings. The summed E-state index contributed by atoms with van der Waals surface area (Å²) in [4.78, 5) is 29.9. The number of aryl methyl sites for hydroxylation is 1. The van der Waals surface area contributed by atoms with E-state index in [9.17, 15) is 9.59 Å². The van der Waals surface area contributed by atoms with Crippen molar-refractivity contribution >= 4 is 34.8 Å². The second kappa shape index (κ2) is 9.96. The third-order valence-corrected chi connectivity index (χ3v) is 6.06. The maximum Gasteiger partial charge on any atom is 0.259 e. The van der Waals surface area contributed by atoms with Crippen LogP contribution in [0.1, 0.15) is 26.3 Å². The summed E-state index contributed by atoms with van der Waals surface area (Å²) in [6.07, 6.45) is 0. The Morgan fingerprint density at radius 3 is 2.30 bits per heavy atom. The highest BCUT2D eigenvalue weighted by Gasteiger charge is 2.24. The highest BCUT2D eigenvalue weighted by atomic mass is 35.5. The molecule has 0 spiro atoms. The molecule has 1 heterocycles. The molecule has 0 unspecified atom stereocenters. The number of nitrogens with one attached hydrogen (secondary N) is 1. The third kappa shape index (κ3) is 4.96. The molecule has 1 saturated heterocycles. The van der Waals surface area contributed by atoms with Crippen LogP contribution >= 0.6 is 11.6 Å². The molecule has 6 nitrogen and oxygen atoms in total. The number of carbonyl (C=O) groups is 2. The zero-order chi connectivity index (χ0) is 23.4. The standard InChI is InChI=1S/C26H26ClN3O3/c1-18-6-5-7-21(24(18)33-2)25(31)28-22-8-3-4-9-23(22)29-14-16-30(17-15-29)26(32)19-10-12-20(27)13-11-19/h3-13H,14-17H2,1-2H3,(H,28,31). The topological polar surface area (TPSA) is 61.9 Å². The summed E-state index contributed by atoms with van der Waals surface area (Å²) < 4.78 is 5.44. The molecule has 0 atom stereocenters. The summed E-state index contributed by atoms with van der Waals surface area (Å²) in [5.41, 5.74) is 3.68. The molecular weight excluding hydrogens is 438 g/mol. The first-order chi connectivity index (χ1) is 16.0. The van der Waals surface area contributed by atoms with E-state index in [2.05, 4.69) is 10.2 Å². The number of amides is 2. The third-order valence-electron chi connectivity index (χ3n) is 5.81. The number of ether oxygens (including phenoxy) is 1. The smallest absolute Gasteiger partial charge is 0.259 e. The molecule has 1 aliphatic heterocycles. The molecule has 2 amide bonds. The average Bonchev–Trinajstić information content (AvgIpc) is 2.84. The molecule has 0 aliphatic carbocycles. The Morgan fingerprint density at radius 2 is 1.61 bits per heavy atom. The fourth-order valence-corrected chi connectivity index (χ4v) is 4.20. The van der Waals surface area contributed by atoms with Gasteiger partial charge in [0.2, 0.25) is 0 Å². The molecule has 1 fully saturated rings. The molecule has 170 valence electrons. The van der Waals surface area contributed by atoms with Gasteiger partial charge in [0.1, 0.15) is 5.75 Å². The predicted octanol–water partition coefficient (Wildman–Crippen LogP) is 4.87. The van der Waals surface area contributed by atoms with Gasteiger partial charge < -0.3 is 19.9 Å². The highest BCUT2D eigenvalue weighted by Crippen LogP contribution is 2.29. The number of carbonyl (C=O) groups excluding carboxylic acids is 2. The van der Waals surface area contributed by atoms with Crippen molar-refractivity contribution in [2.24, 2.45) is 0 Å². The Labute approximate surface area is 198 Å². The lowest BCUT2D eigenvalue weighted by molar-refractivity contribution is 0.0746. The van der Waals surface area contributed by atoms with E-state index in [-0.39, 0.29) is 11.8 Å². The van der Waals surface area contributed by atoms with E-state index in [0.29, 0.717) is 48.1 Å². The summed E-state index contributed by atoms with van der Waals surface area (Å²) in [5.74, 6) is 0.348. The second-order valence-corrected chi connectivity index (χ2v) is 8.35. The Morgan fingerprint density at radius 1 is 0.909 bits per heavy atom. The van der Waals surface area contributed by atoms with E-state index in [1.807, 2.05) is 48.2 Å². The fourth-order valence-electron chi connectivity index (χ4n) is 4.07. The molecule has 4 rings (SSSR count). The molecule has 3 aromatic rings. The van der Waals surface area contributed by atoms with Crippen molar-refractivity contribution in [3.05, 3.63) is 88.4 Å². The van der Waals surface area contributed by atoms with Crippen molar-refractivity contribution in [1.29, 1.82) is 0 Å². The van der Waals surface area contributed by atoms with E-state index in [0.717, 1.165) is 16.9 Å². The molecule has 33 heavy (non-hydrogen) atoms. The molecule has 0 radical (unpaired) electrons. The Bertz CT molecular complexity index is 1160. The van der Waals surface area contributed by atoms with Gasteiger partial charge in [0.15, 0.2) is 0 Å². The van der Waals surface area contributed by atoms with Crippen molar-refractivity contribution in [1.82, 2.24) is 4.90 Å². The molecule has 3 aromatic carbocycles. The summed E-state index contributed by atoms with van der Waals surface area (Å²) in [7, 11) is 1.57. The van der Waals surface area contributed by atoms with E-state index in [1.54, 1.807) is 37.4 Å². The lowest BCUT2D eigenvalue weighted by atomic mass is 10.1. The number of nitrogens with zero attached hydrogens (tertiary/aromatic N) is 2. The van der Waals surface area contributed by atoms with Crippen LogP contribution in [0.4, 0.5) is 11.4 Å². The molecule has 7 heteroatoms. The monoisotopic (exact) mass is 463 g/mol. The summed E-state index contributed by atoms with van der Waals surface area (Å²) in [5, 5.41) is 3.65. The van der Waals surface area contributed by atoms with Crippen LogP contribution < -0.4 is 15.0 Å². The number of benzene rings is 3. The number of piperazine rings is 1. The van der Waals surface area contributed by atoms with Crippen LogP contribution in [0.2, 0.25) is 5.02 Å². The van der Waals surface area contributed by atoms with E-state index >= 15 is 0 Å². The van der Waals surface area contributed by atoms with Crippen molar-refractivity contribution < 1.29 is 14.3 Å². The van der Waals surface area contributed by atoms with E-state index < -0.39 is 0 Å². The Hall–Kier alpha value is -3.51. The zero-order valence-electron chi connectivity index (χ0n) is 18.7. The summed E-state index contributed by atoms with van der Waals surface area (Å²) in [6, 6.07) is 20.2. The van der Waals surface area contributed by atoms with Crippen LogP contribution in [0.3, 0.4) is 0 Å². The van der Waals surface area contributed by atoms with Gasteiger partial charge in [0, 0.05) is 36.8 Å². The van der Waals surface area contributed by atoms with Gasteiger partial charge in [0.05, 0.1) is 24.0 Å². The fraction of sp³-hybridized carbons (Fsp3) is 0.231. The maximum atomic E-state index is 13.0. The van der Waals surface area contributed by atoms with Gasteiger partial charge in [-0.25, -0.2) is 0 Å². The molecule has 0 bridgehead atoms.